The number of nitrogens with one attached hydrogen (secondary N) is 1. The Labute approximate surface area is 181 Å². The third-order valence-corrected chi connectivity index (χ3v) is 6.45. The first-order valence-electron chi connectivity index (χ1n) is 9.93. The highest BCUT2D eigenvalue weighted by Crippen LogP contribution is 2.28. The first-order valence-corrected chi connectivity index (χ1v) is 11.1. The van der Waals surface area contributed by atoms with Crippen molar-refractivity contribution in [1.29, 1.82) is 0 Å². The summed E-state index contributed by atoms with van der Waals surface area (Å²) in [7, 11) is 0. The van der Waals surface area contributed by atoms with Crippen LogP contribution in [0.25, 0.3) is 10.3 Å². The number of carbonyl (C=O) groups is 1. The molecule has 3 heterocycles. The van der Waals surface area contributed by atoms with Crippen LogP contribution in [0.4, 0.5) is 10.8 Å². The van der Waals surface area contributed by atoms with E-state index in [0.29, 0.717) is 27.0 Å². The Morgan fingerprint density at radius 2 is 1.93 bits per heavy atom. The van der Waals surface area contributed by atoms with Crippen LogP contribution in [0.5, 0.6) is 0 Å². The summed E-state index contributed by atoms with van der Waals surface area (Å²) in [5.41, 5.74) is -0.144. The topological polar surface area (TPSA) is 89.2 Å². The molecule has 8 nitrogen and oxygen atoms in total. The molecule has 0 unspecified atom stereocenters. The number of nitrogens with zero attached hydrogens (tertiary/aromatic N) is 4. The summed E-state index contributed by atoms with van der Waals surface area (Å²) in [4.78, 5) is 45.4. The molecule has 3 aromatic rings. The van der Waals surface area contributed by atoms with Crippen molar-refractivity contribution in [3.8, 4) is 0 Å². The van der Waals surface area contributed by atoms with Gasteiger partial charge in [0, 0.05) is 19.6 Å². The van der Waals surface area contributed by atoms with E-state index in [0.717, 1.165) is 25.9 Å². The average Bonchev–Trinajstić information content (AvgIpc) is 3.40. The monoisotopic (exact) mass is 447 g/mol. The number of aromatic nitrogens is 3. The zero-order chi connectivity index (χ0) is 21.3. The Morgan fingerprint density at radius 3 is 2.63 bits per heavy atom. The predicted octanol–water partition coefficient (Wildman–Crippen LogP) is 2.92. The van der Waals surface area contributed by atoms with Gasteiger partial charge in [-0.2, -0.15) is 0 Å². The fraction of sp³-hybridized carbons (Fsp3) is 0.400. The summed E-state index contributed by atoms with van der Waals surface area (Å²) in [6, 6.07) is 6.88. The summed E-state index contributed by atoms with van der Waals surface area (Å²) in [6.07, 6.45) is 2.77. The smallest absolute Gasteiger partial charge is 0.333 e. The normalized spacial score (nSPS) is 13.9. The largest absolute Gasteiger partial charge is 0.348 e. The van der Waals surface area contributed by atoms with Crippen molar-refractivity contribution < 1.29 is 4.79 Å². The molecule has 158 valence electrons. The third-order valence-electron chi connectivity index (χ3n) is 5.03. The molecular weight excluding hydrogens is 426 g/mol. The molecule has 1 saturated heterocycles. The van der Waals surface area contributed by atoms with Gasteiger partial charge in [0.05, 0.1) is 10.7 Å². The highest BCUT2D eigenvalue weighted by molar-refractivity contribution is 7.22. The maximum Gasteiger partial charge on any atom is 0.333 e. The lowest BCUT2D eigenvalue weighted by molar-refractivity contribution is -0.116. The van der Waals surface area contributed by atoms with Crippen molar-refractivity contribution in [2.45, 2.75) is 39.3 Å². The van der Waals surface area contributed by atoms with Gasteiger partial charge < -0.3 is 10.2 Å². The summed E-state index contributed by atoms with van der Waals surface area (Å²) in [6.45, 7) is 3.68. The lowest BCUT2D eigenvalue weighted by atomic mass is 10.3. The molecule has 0 saturated carbocycles. The van der Waals surface area contributed by atoms with Crippen molar-refractivity contribution in [3.05, 3.63) is 50.1 Å². The maximum atomic E-state index is 13.0. The lowest BCUT2D eigenvalue weighted by Crippen LogP contribution is -2.41. The minimum absolute atomic E-state index is 0.256. The predicted molar refractivity (Wildman–Crippen MR) is 120 cm³/mol. The number of rotatable bonds is 6. The van der Waals surface area contributed by atoms with Crippen LogP contribution in [-0.2, 0) is 17.9 Å². The second kappa shape index (κ2) is 8.61. The van der Waals surface area contributed by atoms with Crippen molar-refractivity contribution in [2.75, 3.05) is 23.3 Å². The number of anilines is 2. The van der Waals surface area contributed by atoms with Gasteiger partial charge in [-0.15, -0.1) is 0 Å². The highest BCUT2D eigenvalue weighted by atomic mass is 35.5. The standard InChI is InChI=1S/C20H22ClN5O3S/c1-2-9-25-18(28)16-17(23-19(30-16)24-10-5-6-11-24)26(20(25)29)12-15(27)22-14-8-4-3-7-13(14)21/h3-4,7-8H,2,5-6,9-12H2,1H3,(H,22,27). The molecule has 1 aliphatic rings. The molecule has 0 spiro atoms. The summed E-state index contributed by atoms with van der Waals surface area (Å²) >= 11 is 7.40. The van der Waals surface area contributed by atoms with Gasteiger partial charge in [-0.3, -0.25) is 18.7 Å². The Hall–Kier alpha value is -2.65. The highest BCUT2D eigenvalue weighted by Gasteiger charge is 2.23. The molecule has 30 heavy (non-hydrogen) atoms. The molecule has 1 aliphatic heterocycles. The summed E-state index contributed by atoms with van der Waals surface area (Å²) in [5.74, 6) is -0.413. The van der Waals surface area contributed by atoms with Gasteiger partial charge in [-0.1, -0.05) is 42.0 Å². The number of thiazole rings is 1. The van der Waals surface area contributed by atoms with Crippen molar-refractivity contribution >= 4 is 50.0 Å². The Morgan fingerprint density at radius 1 is 1.20 bits per heavy atom. The SMILES string of the molecule is CCCn1c(=O)c2sc(N3CCCC3)nc2n(CC(=O)Nc2ccccc2Cl)c1=O. The van der Waals surface area contributed by atoms with E-state index < -0.39 is 11.6 Å². The summed E-state index contributed by atoms with van der Waals surface area (Å²) in [5, 5.41) is 3.85. The van der Waals surface area contributed by atoms with Crippen molar-refractivity contribution in [1.82, 2.24) is 14.1 Å². The van der Waals surface area contributed by atoms with E-state index in [1.807, 2.05) is 6.92 Å². The van der Waals surface area contributed by atoms with Crippen LogP contribution >= 0.6 is 22.9 Å². The summed E-state index contributed by atoms with van der Waals surface area (Å²) < 4.78 is 2.88. The van der Waals surface area contributed by atoms with Gasteiger partial charge in [-0.05, 0) is 31.4 Å². The molecule has 0 bridgehead atoms. The molecule has 1 amide bonds. The number of hydrogen-bond donors (Lipinski definition) is 1. The van der Waals surface area contributed by atoms with E-state index in [9.17, 15) is 14.4 Å². The molecule has 0 aliphatic carbocycles. The molecule has 0 atom stereocenters. The number of benzene rings is 1. The fourth-order valence-electron chi connectivity index (χ4n) is 3.57. The van der Waals surface area contributed by atoms with Gasteiger partial charge in [-0.25, -0.2) is 9.78 Å². The first-order chi connectivity index (χ1) is 14.5. The third kappa shape index (κ3) is 3.87. The van der Waals surface area contributed by atoms with Crippen LogP contribution in [0.3, 0.4) is 0 Å². The van der Waals surface area contributed by atoms with Gasteiger partial charge in [0.2, 0.25) is 5.91 Å². The van der Waals surface area contributed by atoms with Crippen molar-refractivity contribution in [2.24, 2.45) is 0 Å². The van der Waals surface area contributed by atoms with Crippen molar-refractivity contribution in [3.63, 3.8) is 0 Å². The van der Waals surface area contributed by atoms with E-state index in [2.05, 4.69) is 15.2 Å². The quantitative estimate of drug-likeness (QED) is 0.627. The molecule has 1 aromatic carbocycles. The lowest BCUT2D eigenvalue weighted by Gasteiger charge is -2.12. The van der Waals surface area contributed by atoms with Gasteiger partial charge >= 0.3 is 5.69 Å². The second-order valence-corrected chi connectivity index (χ2v) is 8.58. The number of para-hydroxylation sites is 1. The maximum absolute atomic E-state index is 13.0. The first kappa shape index (κ1) is 20.6. The Balaban J connectivity index is 1.76. The van der Waals surface area contributed by atoms with E-state index in [1.54, 1.807) is 24.3 Å². The van der Waals surface area contributed by atoms with E-state index >= 15 is 0 Å². The molecule has 10 heteroatoms. The number of halogens is 1. The van der Waals surface area contributed by atoms with Crippen LogP contribution in [-0.4, -0.2) is 33.1 Å². The average molecular weight is 448 g/mol. The zero-order valence-corrected chi connectivity index (χ0v) is 18.1. The molecule has 0 radical (unpaired) electrons. The van der Waals surface area contributed by atoms with Crippen LogP contribution < -0.4 is 21.5 Å². The molecule has 1 N–H and O–H groups in total. The van der Waals surface area contributed by atoms with Gasteiger partial charge in [0.15, 0.2) is 10.8 Å². The number of amides is 1. The number of fused-ring (bicyclic) bond motifs is 1. The van der Waals surface area contributed by atoms with Crippen LogP contribution in [0.1, 0.15) is 26.2 Å². The Bertz CT molecular complexity index is 1210. The minimum atomic E-state index is -0.526. The number of hydrogen-bond acceptors (Lipinski definition) is 6. The van der Waals surface area contributed by atoms with Gasteiger partial charge in [0.1, 0.15) is 11.2 Å². The van der Waals surface area contributed by atoms with E-state index in [4.69, 9.17) is 11.6 Å². The minimum Gasteiger partial charge on any atom is -0.348 e. The number of carbonyl (C=O) groups excluding carboxylic acids is 1. The van der Waals surface area contributed by atoms with E-state index in [1.165, 1.54) is 20.5 Å². The molecule has 4 rings (SSSR count). The van der Waals surface area contributed by atoms with Crippen LogP contribution in [0.2, 0.25) is 5.02 Å². The van der Waals surface area contributed by atoms with Gasteiger partial charge in [0.25, 0.3) is 5.56 Å². The zero-order valence-electron chi connectivity index (χ0n) is 16.6. The van der Waals surface area contributed by atoms with Crippen LogP contribution in [0.15, 0.2) is 33.9 Å². The molecule has 1 fully saturated rings. The fourth-order valence-corrected chi connectivity index (χ4v) is 4.83. The Kier molecular flexibility index (Phi) is 5.92. The molecule has 2 aromatic heterocycles. The second-order valence-electron chi connectivity index (χ2n) is 7.20. The van der Waals surface area contributed by atoms with Crippen LogP contribution in [0, 0.1) is 0 Å². The molecular formula is C20H22ClN5O3S. The van der Waals surface area contributed by atoms with E-state index in [-0.39, 0.29) is 24.3 Å².